The van der Waals surface area contributed by atoms with E-state index >= 15 is 0 Å². The maximum Gasteiger partial charge on any atom is 0.355 e. The van der Waals surface area contributed by atoms with E-state index in [9.17, 15) is 14.4 Å². The lowest BCUT2D eigenvalue weighted by atomic mass is 9.82. The molecule has 1 heterocycles. The van der Waals surface area contributed by atoms with Crippen LogP contribution in [0.4, 0.5) is 5.69 Å². The normalized spacial score (nSPS) is 19.8. The number of ketones is 1. The monoisotopic (exact) mass is 565 g/mol. The van der Waals surface area contributed by atoms with Crippen LogP contribution in [-0.4, -0.2) is 38.2 Å². The van der Waals surface area contributed by atoms with Gasteiger partial charge in [-0.25, -0.2) is 9.59 Å². The molecule has 0 fully saturated rings. The summed E-state index contributed by atoms with van der Waals surface area (Å²) < 4.78 is 17.2. The Labute approximate surface area is 241 Å². The number of Topliss-reactive ketones (excluding diaryl/α,β-unsaturated/α-hetero) is 1. The van der Waals surface area contributed by atoms with Gasteiger partial charge in [0.25, 0.3) is 0 Å². The third kappa shape index (κ3) is 4.13. The lowest BCUT2D eigenvalue weighted by molar-refractivity contribution is -0.145. The molecular weight excluding hydrogens is 542 g/mol. The first-order chi connectivity index (χ1) is 19.9. The van der Waals surface area contributed by atoms with Crippen molar-refractivity contribution in [2.24, 2.45) is 0 Å². The van der Waals surface area contributed by atoms with E-state index in [1.54, 1.807) is 54.6 Å². The number of anilines is 1. The van der Waals surface area contributed by atoms with E-state index in [1.165, 1.54) is 19.1 Å². The van der Waals surface area contributed by atoms with Crippen LogP contribution in [0.5, 0.6) is 0 Å². The molecule has 6 rings (SSSR count). The van der Waals surface area contributed by atoms with Crippen molar-refractivity contribution in [3.05, 3.63) is 130 Å². The Hall–Kier alpha value is -4.72. The Morgan fingerprint density at radius 2 is 1.56 bits per heavy atom. The van der Waals surface area contributed by atoms with Crippen molar-refractivity contribution in [3.63, 3.8) is 0 Å². The van der Waals surface area contributed by atoms with Crippen LogP contribution in [0.15, 0.2) is 108 Å². The first-order valence-electron chi connectivity index (χ1n) is 12.8. The molecule has 0 saturated carbocycles. The number of methoxy groups -OCH3 is 2. The van der Waals surface area contributed by atoms with E-state index in [1.807, 2.05) is 48.5 Å². The fraction of sp³-hybridized carbons (Fsp3) is 0.121. The number of halogens is 1. The van der Waals surface area contributed by atoms with Gasteiger partial charge in [-0.15, -0.1) is 0 Å². The zero-order valence-corrected chi connectivity index (χ0v) is 22.9. The van der Waals surface area contributed by atoms with Crippen LogP contribution >= 0.6 is 11.6 Å². The fourth-order valence-electron chi connectivity index (χ4n) is 5.61. The summed E-state index contributed by atoms with van der Waals surface area (Å²) in [5, 5.41) is 1.93. The molecule has 8 heteroatoms. The van der Waals surface area contributed by atoms with Gasteiger partial charge in [0.15, 0.2) is 11.8 Å². The van der Waals surface area contributed by atoms with Gasteiger partial charge in [-0.05, 0) is 46.7 Å². The second kappa shape index (κ2) is 10.4. The number of nitrogens with zero attached hydrogens (tertiary/aromatic N) is 1. The molecule has 7 nitrogen and oxygen atoms in total. The topological polar surface area (TPSA) is 82.1 Å². The summed E-state index contributed by atoms with van der Waals surface area (Å²) >= 11 is 6.18. The van der Waals surface area contributed by atoms with Gasteiger partial charge in [0, 0.05) is 21.8 Å². The molecule has 1 aliphatic carbocycles. The highest BCUT2D eigenvalue weighted by Crippen LogP contribution is 2.53. The van der Waals surface area contributed by atoms with Gasteiger partial charge in [-0.3, -0.25) is 4.79 Å². The maximum absolute atomic E-state index is 14.5. The Kier molecular flexibility index (Phi) is 6.69. The van der Waals surface area contributed by atoms with Crippen molar-refractivity contribution < 1.29 is 28.6 Å². The first-order valence-corrected chi connectivity index (χ1v) is 13.2. The maximum atomic E-state index is 14.5. The number of carbonyl (C=O) groups is 3. The van der Waals surface area contributed by atoms with Crippen molar-refractivity contribution in [3.8, 4) is 0 Å². The number of ether oxygens (including phenoxy) is 3. The van der Waals surface area contributed by atoms with E-state index in [-0.39, 0.29) is 11.3 Å². The lowest BCUT2D eigenvalue weighted by Gasteiger charge is -2.45. The number of carbonyl (C=O) groups excluding carboxylic acids is 3. The highest BCUT2D eigenvalue weighted by molar-refractivity contribution is 6.30. The molecule has 0 amide bonds. The number of hydrogen-bond acceptors (Lipinski definition) is 7. The van der Waals surface area contributed by atoms with Crippen LogP contribution < -0.4 is 4.90 Å². The molecule has 1 spiro atoms. The molecule has 1 aliphatic heterocycles. The van der Waals surface area contributed by atoms with Crippen molar-refractivity contribution in [2.45, 2.75) is 11.8 Å². The summed E-state index contributed by atoms with van der Waals surface area (Å²) in [7, 11) is 2.41. The van der Waals surface area contributed by atoms with E-state index in [0.717, 1.165) is 10.9 Å². The van der Waals surface area contributed by atoms with Crippen molar-refractivity contribution in [1.82, 2.24) is 0 Å². The van der Waals surface area contributed by atoms with E-state index in [2.05, 4.69) is 0 Å². The zero-order chi connectivity index (χ0) is 28.7. The number of benzene rings is 4. The van der Waals surface area contributed by atoms with Gasteiger partial charge in [0.2, 0.25) is 5.78 Å². The smallest absolute Gasteiger partial charge is 0.355 e. The Balaban J connectivity index is 1.70. The van der Waals surface area contributed by atoms with Gasteiger partial charge in [-0.2, -0.15) is 0 Å². The Morgan fingerprint density at radius 3 is 2.24 bits per heavy atom. The predicted octanol–water partition coefficient (Wildman–Crippen LogP) is 6.06. The number of fused-ring (bicyclic) bond motifs is 1. The van der Waals surface area contributed by atoms with Gasteiger partial charge in [-0.1, -0.05) is 84.4 Å². The molecule has 0 bridgehead atoms. The zero-order valence-electron chi connectivity index (χ0n) is 22.2. The molecule has 2 atom stereocenters. The molecule has 41 heavy (non-hydrogen) atoms. The number of hydrogen-bond donors (Lipinski definition) is 0. The first kappa shape index (κ1) is 26.5. The van der Waals surface area contributed by atoms with Crippen LogP contribution in [-0.2, 0) is 29.4 Å². The minimum atomic E-state index is -1.98. The largest absolute Gasteiger partial charge is 0.465 e. The SMILES string of the molecule is COC(=O)C1=C(C(=O)OC)[C@@]2(OC(/C=C/c3ccccc3)N1c1ccc(Cl)cc1)C(=O)c1cccc3cccc2c13. The van der Waals surface area contributed by atoms with Gasteiger partial charge >= 0.3 is 11.9 Å². The minimum absolute atomic E-state index is 0.172. The highest BCUT2D eigenvalue weighted by Gasteiger charge is 2.61. The van der Waals surface area contributed by atoms with Gasteiger partial charge in [0.1, 0.15) is 11.3 Å². The molecule has 0 N–H and O–H groups in total. The molecule has 0 saturated heterocycles. The van der Waals surface area contributed by atoms with Gasteiger partial charge < -0.3 is 19.1 Å². The molecular formula is C33H24ClNO6. The van der Waals surface area contributed by atoms with E-state index in [4.69, 9.17) is 25.8 Å². The molecule has 0 radical (unpaired) electrons. The molecule has 0 aromatic heterocycles. The van der Waals surface area contributed by atoms with Crippen LogP contribution in [0, 0.1) is 0 Å². The quantitative estimate of drug-likeness (QED) is 0.272. The molecule has 4 aromatic carbocycles. The van der Waals surface area contributed by atoms with Crippen LogP contribution in [0.3, 0.4) is 0 Å². The summed E-state index contributed by atoms with van der Waals surface area (Å²) in [4.78, 5) is 43.4. The number of rotatable bonds is 5. The van der Waals surface area contributed by atoms with Crippen LogP contribution in [0.25, 0.3) is 16.8 Å². The van der Waals surface area contributed by atoms with E-state index < -0.39 is 29.6 Å². The predicted molar refractivity (Wildman–Crippen MR) is 155 cm³/mol. The Bertz CT molecular complexity index is 1760. The van der Waals surface area contributed by atoms with Crippen molar-refractivity contribution in [1.29, 1.82) is 0 Å². The highest BCUT2D eigenvalue weighted by atomic mass is 35.5. The van der Waals surface area contributed by atoms with Crippen LogP contribution in [0.1, 0.15) is 21.5 Å². The lowest BCUT2D eigenvalue weighted by Crippen LogP contribution is -2.55. The summed E-state index contributed by atoms with van der Waals surface area (Å²) in [6.07, 6.45) is 2.53. The van der Waals surface area contributed by atoms with Crippen molar-refractivity contribution in [2.75, 3.05) is 19.1 Å². The summed E-state index contributed by atoms with van der Waals surface area (Å²) in [6.45, 7) is 0. The average Bonchev–Trinajstić information content (AvgIpc) is 3.24. The fourth-order valence-corrected chi connectivity index (χ4v) is 5.73. The van der Waals surface area contributed by atoms with Crippen molar-refractivity contribution >= 4 is 51.9 Å². The second-order valence-corrected chi connectivity index (χ2v) is 9.99. The minimum Gasteiger partial charge on any atom is -0.465 e. The summed E-state index contributed by atoms with van der Waals surface area (Å²) in [6, 6.07) is 27.0. The average molecular weight is 566 g/mol. The molecule has 1 unspecified atom stereocenters. The Morgan fingerprint density at radius 1 is 0.878 bits per heavy atom. The molecule has 4 aromatic rings. The molecule has 204 valence electrons. The third-order valence-electron chi connectivity index (χ3n) is 7.36. The standard InChI is InChI=1S/C33H24ClNO6/c1-39-31(37)28-29(32(38)40-2)35(23-17-15-22(34)16-18-23)26(19-14-20-8-4-3-5-9-20)41-33(28)25-13-7-11-21-10-6-12-24(27(21)25)30(33)36/h3-19,26H,1-2H3/b19-14+/t26?,33-/m1/s1. The second-order valence-electron chi connectivity index (χ2n) is 9.55. The van der Waals surface area contributed by atoms with E-state index in [0.29, 0.717) is 27.2 Å². The molecule has 2 aliphatic rings. The third-order valence-corrected chi connectivity index (χ3v) is 7.61. The van der Waals surface area contributed by atoms with Crippen LogP contribution in [0.2, 0.25) is 5.02 Å². The van der Waals surface area contributed by atoms with Gasteiger partial charge in [0.05, 0.1) is 14.2 Å². The number of esters is 2. The summed E-state index contributed by atoms with van der Waals surface area (Å²) in [5.41, 5.74) is -0.231. The summed E-state index contributed by atoms with van der Waals surface area (Å²) in [5.74, 6) is -2.20.